The number of benzene rings is 1. The summed E-state index contributed by atoms with van der Waals surface area (Å²) in [5.41, 5.74) is 3.21. The molecular weight excluding hydrogens is 485 g/mol. The van der Waals surface area contributed by atoms with Gasteiger partial charge in [0.05, 0.1) is 29.3 Å². The van der Waals surface area contributed by atoms with E-state index in [0.717, 1.165) is 6.07 Å². The van der Waals surface area contributed by atoms with Crippen molar-refractivity contribution in [3.05, 3.63) is 82.2 Å². The first kappa shape index (κ1) is 23.1. The smallest absolute Gasteiger partial charge is 0.406 e. The molecule has 12 heteroatoms. The fourth-order valence-electron chi connectivity index (χ4n) is 4.28. The normalized spacial score (nSPS) is 17.9. The molecule has 2 aliphatic heterocycles. The van der Waals surface area contributed by atoms with Crippen molar-refractivity contribution in [2.45, 2.75) is 25.9 Å². The van der Waals surface area contributed by atoms with E-state index in [0.29, 0.717) is 39.7 Å². The lowest BCUT2D eigenvalue weighted by molar-refractivity contribution is -0.274. The quantitative estimate of drug-likeness (QED) is 0.565. The third-order valence-electron chi connectivity index (χ3n) is 5.62. The van der Waals surface area contributed by atoms with Crippen LogP contribution in [0.2, 0.25) is 5.02 Å². The zero-order valence-corrected chi connectivity index (χ0v) is 19.2. The summed E-state index contributed by atoms with van der Waals surface area (Å²) in [4.78, 5) is 25.3. The third kappa shape index (κ3) is 4.40. The van der Waals surface area contributed by atoms with Crippen LogP contribution in [0.3, 0.4) is 0 Å². The maximum absolute atomic E-state index is 12.9. The Balaban J connectivity index is 1.66. The first-order valence-corrected chi connectivity index (χ1v) is 10.9. The van der Waals surface area contributed by atoms with E-state index >= 15 is 0 Å². The third-order valence-corrected chi connectivity index (χ3v) is 5.84. The molecule has 3 aromatic rings. The van der Waals surface area contributed by atoms with E-state index < -0.39 is 18.2 Å². The molecule has 1 amide bonds. The van der Waals surface area contributed by atoms with E-state index in [9.17, 15) is 18.0 Å². The molecule has 0 bridgehead atoms. The van der Waals surface area contributed by atoms with E-state index in [4.69, 9.17) is 11.6 Å². The monoisotopic (exact) mass is 502 g/mol. The van der Waals surface area contributed by atoms with Crippen LogP contribution in [0.5, 0.6) is 5.75 Å². The van der Waals surface area contributed by atoms with E-state index in [1.165, 1.54) is 6.07 Å². The van der Waals surface area contributed by atoms with Crippen LogP contribution in [-0.2, 0) is 6.54 Å². The molecule has 180 valence electrons. The number of hydrogen-bond donors (Lipinski definition) is 1. The van der Waals surface area contributed by atoms with Gasteiger partial charge in [0.2, 0.25) is 0 Å². The van der Waals surface area contributed by atoms with Gasteiger partial charge in [0.15, 0.2) is 0 Å². The fraction of sp³-hybridized carbons (Fsp3) is 0.217. The summed E-state index contributed by atoms with van der Waals surface area (Å²) in [6, 6.07) is 7.03. The van der Waals surface area contributed by atoms with Gasteiger partial charge in [-0.2, -0.15) is 0 Å². The molecule has 0 aliphatic carbocycles. The van der Waals surface area contributed by atoms with Crippen molar-refractivity contribution in [2.75, 3.05) is 12.1 Å². The van der Waals surface area contributed by atoms with Crippen LogP contribution in [0, 0.1) is 6.92 Å². The highest BCUT2D eigenvalue weighted by molar-refractivity contribution is 6.31. The van der Waals surface area contributed by atoms with E-state index in [1.807, 2.05) is 24.2 Å². The minimum absolute atomic E-state index is 0.0773. The van der Waals surface area contributed by atoms with Gasteiger partial charge < -0.3 is 10.1 Å². The number of rotatable bonds is 4. The minimum atomic E-state index is -4.87. The van der Waals surface area contributed by atoms with Crippen LogP contribution in [0.1, 0.15) is 39.2 Å². The van der Waals surface area contributed by atoms with Crippen molar-refractivity contribution in [3.8, 4) is 5.75 Å². The Bertz CT molecular complexity index is 1350. The second-order valence-electron chi connectivity index (χ2n) is 7.98. The number of amides is 1. The predicted molar refractivity (Wildman–Crippen MR) is 121 cm³/mol. The van der Waals surface area contributed by atoms with Crippen molar-refractivity contribution in [3.63, 3.8) is 0 Å². The number of ether oxygens (including phenoxy) is 1. The molecule has 5 rings (SSSR count). The van der Waals surface area contributed by atoms with Crippen LogP contribution in [-0.4, -0.2) is 39.3 Å². The average Bonchev–Trinajstić information content (AvgIpc) is 3.32. The number of pyridine rings is 1. The number of aryl methyl sites for hydroxylation is 1. The Morgan fingerprint density at radius 1 is 1.23 bits per heavy atom. The van der Waals surface area contributed by atoms with Crippen LogP contribution in [0.15, 0.2) is 48.8 Å². The fourth-order valence-corrected chi connectivity index (χ4v) is 4.50. The Hall–Kier alpha value is -3.70. The molecule has 4 heterocycles. The van der Waals surface area contributed by atoms with E-state index in [-0.39, 0.29) is 17.5 Å². The molecule has 1 N–H and O–H groups in total. The molecule has 0 saturated carbocycles. The number of nitrogens with zero attached hydrogens (tertiary/aromatic N) is 5. The van der Waals surface area contributed by atoms with Gasteiger partial charge in [-0.25, -0.2) is 15.0 Å². The number of alkyl halides is 3. The van der Waals surface area contributed by atoms with Gasteiger partial charge >= 0.3 is 6.36 Å². The standard InChI is InChI=1S/C23H18ClF3N6O2/c1-12-30-20(17-11-29-22(34)21(17)31-12)19-9-18(33(32(19)2)15-4-3-5-28-10-15)13-6-14(24)8-16(7-13)35-23(25,26)27/h3-10,19H,11H2,1-2H3,(H,29,34). The largest absolute Gasteiger partial charge is 0.573 e. The van der Waals surface area contributed by atoms with Crippen molar-refractivity contribution >= 4 is 28.9 Å². The summed E-state index contributed by atoms with van der Waals surface area (Å²) in [6.45, 7) is 1.98. The van der Waals surface area contributed by atoms with Crippen molar-refractivity contribution in [2.24, 2.45) is 0 Å². The molecule has 0 fully saturated rings. The maximum Gasteiger partial charge on any atom is 0.573 e. The molecule has 8 nitrogen and oxygen atoms in total. The van der Waals surface area contributed by atoms with Crippen LogP contribution >= 0.6 is 11.6 Å². The lowest BCUT2D eigenvalue weighted by Gasteiger charge is -2.33. The Morgan fingerprint density at radius 2 is 2.03 bits per heavy atom. The minimum Gasteiger partial charge on any atom is -0.406 e. The van der Waals surface area contributed by atoms with Crippen molar-refractivity contribution < 1.29 is 22.7 Å². The molecule has 2 aliphatic rings. The van der Waals surface area contributed by atoms with Crippen LogP contribution < -0.4 is 15.1 Å². The van der Waals surface area contributed by atoms with Crippen LogP contribution in [0.4, 0.5) is 18.9 Å². The number of carbonyl (C=O) groups excluding carboxylic acids is 1. The predicted octanol–water partition coefficient (Wildman–Crippen LogP) is 4.42. The molecule has 1 atom stereocenters. The van der Waals surface area contributed by atoms with Gasteiger partial charge in [-0.1, -0.05) is 11.6 Å². The summed E-state index contributed by atoms with van der Waals surface area (Å²) in [5.74, 6) is -0.279. The molecule has 0 saturated heterocycles. The summed E-state index contributed by atoms with van der Waals surface area (Å²) < 4.78 is 42.9. The number of fused-ring (bicyclic) bond motifs is 1. The van der Waals surface area contributed by atoms with Gasteiger partial charge in [0.25, 0.3) is 5.91 Å². The summed E-state index contributed by atoms with van der Waals surface area (Å²) in [7, 11) is 1.81. The zero-order valence-electron chi connectivity index (χ0n) is 18.5. The van der Waals surface area contributed by atoms with Gasteiger partial charge in [-0.05, 0) is 43.3 Å². The van der Waals surface area contributed by atoms with E-state index in [1.54, 1.807) is 36.5 Å². The lowest BCUT2D eigenvalue weighted by Crippen LogP contribution is -2.36. The van der Waals surface area contributed by atoms with Crippen LogP contribution in [0.25, 0.3) is 5.70 Å². The number of hydrogen-bond acceptors (Lipinski definition) is 7. The summed E-state index contributed by atoms with van der Waals surface area (Å²) in [5, 5.41) is 6.51. The van der Waals surface area contributed by atoms with Crippen molar-refractivity contribution in [1.29, 1.82) is 0 Å². The van der Waals surface area contributed by atoms with Gasteiger partial charge in [-0.15, -0.1) is 13.2 Å². The number of aromatic nitrogens is 3. The molecule has 35 heavy (non-hydrogen) atoms. The number of nitrogens with one attached hydrogen (secondary N) is 1. The van der Waals surface area contributed by atoms with E-state index in [2.05, 4.69) is 25.0 Å². The number of anilines is 1. The highest BCUT2D eigenvalue weighted by Gasteiger charge is 2.38. The average molecular weight is 503 g/mol. The molecule has 2 aromatic heterocycles. The molecular formula is C23H18ClF3N6O2. The van der Waals surface area contributed by atoms with Gasteiger partial charge in [0.1, 0.15) is 17.3 Å². The topological polar surface area (TPSA) is 83.5 Å². The Morgan fingerprint density at radius 3 is 2.74 bits per heavy atom. The zero-order chi connectivity index (χ0) is 24.9. The molecule has 1 aromatic carbocycles. The highest BCUT2D eigenvalue weighted by atomic mass is 35.5. The summed E-state index contributed by atoms with van der Waals surface area (Å²) >= 11 is 6.17. The first-order valence-electron chi connectivity index (χ1n) is 10.5. The van der Waals surface area contributed by atoms with Crippen molar-refractivity contribution in [1.82, 2.24) is 25.3 Å². The number of likely N-dealkylation sites (N-methyl/N-ethyl adjacent to an activating group) is 1. The molecule has 0 radical (unpaired) electrons. The Labute approximate surface area is 203 Å². The van der Waals surface area contributed by atoms with Gasteiger partial charge in [0, 0.05) is 35.9 Å². The molecule has 1 unspecified atom stereocenters. The Kier molecular flexibility index (Phi) is 5.60. The SMILES string of the molecule is Cc1nc2c(c(C3C=C(c4cc(Cl)cc(OC(F)(F)F)c4)N(c4cccnc4)N3C)n1)CNC2=O. The molecule has 0 spiro atoms. The second-order valence-corrected chi connectivity index (χ2v) is 8.42. The van der Waals surface area contributed by atoms with Gasteiger partial charge in [-0.3, -0.25) is 14.8 Å². The first-order chi connectivity index (χ1) is 16.6. The second kappa shape index (κ2) is 8.51. The maximum atomic E-state index is 12.9. The number of hydrazine groups is 1. The number of halogens is 4. The number of carbonyl (C=O) groups is 1. The highest BCUT2D eigenvalue weighted by Crippen LogP contribution is 2.42. The lowest BCUT2D eigenvalue weighted by atomic mass is 10.0. The summed E-state index contributed by atoms with van der Waals surface area (Å²) in [6.07, 6.45) is 0.228.